The van der Waals surface area contributed by atoms with Crippen molar-refractivity contribution in [2.24, 2.45) is 0 Å². The van der Waals surface area contributed by atoms with Gasteiger partial charge in [0.1, 0.15) is 23.5 Å². The molecular weight excluding hydrogens is 330 g/mol. The molecule has 2 aromatic rings. The highest BCUT2D eigenvalue weighted by Crippen LogP contribution is 2.42. The molecule has 2 aromatic carbocycles. The van der Waals surface area contributed by atoms with Crippen molar-refractivity contribution < 1.29 is 18.6 Å². The summed E-state index contributed by atoms with van der Waals surface area (Å²) in [7, 11) is 0. The van der Waals surface area contributed by atoms with Crippen molar-refractivity contribution in [1.82, 2.24) is 0 Å². The summed E-state index contributed by atoms with van der Waals surface area (Å²) in [5, 5.41) is 10.2. The van der Waals surface area contributed by atoms with Gasteiger partial charge in [-0.2, -0.15) is 0 Å². The molecule has 5 heteroatoms. The maximum absolute atomic E-state index is 13.8. The predicted molar refractivity (Wildman–Crippen MR) is 73.4 cm³/mol. The van der Waals surface area contributed by atoms with E-state index < -0.39 is 23.8 Å². The van der Waals surface area contributed by atoms with Crippen molar-refractivity contribution in [3.8, 4) is 5.75 Å². The Bertz CT molecular complexity index is 660. The van der Waals surface area contributed by atoms with Crippen LogP contribution in [0.3, 0.4) is 0 Å². The standard InChI is InChI=1S/C15H11BrF2O2/c16-8-1-4-14-11(5-8)13(19)7-15(20-14)10-3-2-9(17)6-12(10)18/h1-6,13,15,19H,7H2/t13-,15?/m1/s1. The van der Waals surface area contributed by atoms with Crippen LogP contribution in [0.15, 0.2) is 40.9 Å². The lowest BCUT2D eigenvalue weighted by Crippen LogP contribution is -2.20. The number of aliphatic hydroxyl groups is 1. The third-order valence-corrected chi connectivity index (χ3v) is 3.84. The second kappa shape index (κ2) is 5.14. The molecule has 104 valence electrons. The van der Waals surface area contributed by atoms with Gasteiger partial charge in [-0.05, 0) is 30.3 Å². The number of fused-ring (bicyclic) bond motifs is 1. The first-order valence-electron chi connectivity index (χ1n) is 6.13. The van der Waals surface area contributed by atoms with Crippen LogP contribution in [0.4, 0.5) is 8.78 Å². The lowest BCUT2D eigenvalue weighted by molar-refractivity contribution is 0.0639. The zero-order chi connectivity index (χ0) is 14.3. The molecular formula is C15H11BrF2O2. The van der Waals surface area contributed by atoms with Gasteiger partial charge < -0.3 is 9.84 Å². The summed E-state index contributed by atoms with van der Waals surface area (Å²) < 4.78 is 33.3. The van der Waals surface area contributed by atoms with Gasteiger partial charge >= 0.3 is 0 Å². The van der Waals surface area contributed by atoms with Crippen LogP contribution in [0.25, 0.3) is 0 Å². The number of ether oxygens (including phenoxy) is 1. The Hall–Kier alpha value is -1.46. The van der Waals surface area contributed by atoms with Crippen molar-refractivity contribution in [2.75, 3.05) is 0 Å². The van der Waals surface area contributed by atoms with Gasteiger partial charge in [-0.15, -0.1) is 0 Å². The topological polar surface area (TPSA) is 29.5 Å². The molecule has 1 aliphatic heterocycles. The number of benzene rings is 2. The van der Waals surface area contributed by atoms with E-state index in [-0.39, 0.29) is 12.0 Å². The highest BCUT2D eigenvalue weighted by Gasteiger charge is 2.29. The molecule has 0 fully saturated rings. The van der Waals surface area contributed by atoms with E-state index in [0.717, 1.165) is 10.5 Å². The fraction of sp³-hybridized carbons (Fsp3) is 0.200. The molecule has 1 heterocycles. The van der Waals surface area contributed by atoms with E-state index in [9.17, 15) is 13.9 Å². The predicted octanol–water partition coefficient (Wildman–Crippen LogP) is 4.28. The minimum Gasteiger partial charge on any atom is -0.485 e. The zero-order valence-electron chi connectivity index (χ0n) is 10.3. The van der Waals surface area contributed by atoms with Gasteiger partial charge in [-0.3, -0.25) is 0 Å². The highest BCUT2D eigenvalue weighted by molar-refractivity contribution is 9.10. The van der Waals surface area contributed by atoms with Crippen LogP contribution in [0, 0.1) is 11.6 Å². The van der Waals surface area contributed by atoms with E-state index in [0.29, 0.717) is 11.3 Å². The Morgan fingerprint density at radius 3 is 2.65 bits per heavy atom. The average Bonchev–Trinajstić information content (AvgIpc) is 2.39. The lowest BCUT2D eigenvalue weighted by Gasteiger charge is -2.30. The van der Waals surface area contributed by atoms with Crippen LogP contribution < -0.4 is 4.74 Å². The Balaban J connectivity index is 1.97. The molecule has 0 saturated heterocycles. The molecule has 0 spiro atoms. The summed E-state index contributed by atoms with van der Waals surface area (Å²) in [6, 6.07) is 8.64. The minimum absolute atomic E-state index is 0.228. The summed E-state index contributed by atoms with van der Waals surface area (Å²) in [4.78, 5) is 0. The second-order valence-corrected chi connectivity index (χ2v) is 5.62. The number of hydrogen-bond acceptors (Lipinski definition) is 2. The summed E-state index contributed by atoms with van der Waals surface area (Å²) in [6.45, 7) is 0. The average molecular weight is 341 g/mol. The minimum atomic E-state index is -0.745. The third-order valence-electron chi connectivity index (χ3n) is 3.35. The largest absolute Gasteiger partial charge is 0.485 e. The first kappa shape index (κ1) is 13.5. The van der Waals surface area contributed by atoms with Gasteiger partial charge in [0, 0.05) is 28.1 Å². The van der Waals surface area contributed by atoms with Crippen LogP contribution in [0.2, 0.25) is 0 Å². The number of rotatable bonds is 1. The van der Waals surface area contributed by atoms with Crippen LogP contribution in [0.5, 0.6) is 5.75 Å². The van der Waals surface area contributed by atoms with Gasteiger partial charge in [0.2, 0.25) is 0 Å². The van der Waals surface area contributed by atoms with Crippen LogP contribution >= 0.6 is 15.9 Å². The van der Waals surface area contributed by atoms with Gasteiger partial charge in [0.05, 0.1) is 6.10 Å². The second-order valence-electron chi connectivity index (χ2n) is 4.71. The van der Waals surface area contributed by atoms with Crippen molar-refractivity contribution in [1.29, 1.82) is 0 Å². The molecule has 0 radical (unpaired) electrons. The molecule has 1 aliphatic rings. The maximum atomic E-state index is 13.8. The fourth-order valence-electron chi connectivity index (χ4n) is 2.37. The van der Waals surface area contributed by atoms with Crippen LogP contribution in [0.1, 0.15) is 29.8 Å². The molecule has 0 aromatic heterocycles. The summed E-state index contributed by atoms with van der Waals surface area (Å²) in [5.74, 6) is -0.782. The van der Waals surface area contributed by atoms with Crippen molar-refractivity contribution >= 4 is 15.9 Å². The molecule has 0 bridgehead atoms. The third kappa shape index (κ3) is 2.43. The highest BCUT2D eigenvalue weighted by atomic mass is 79.9. The quantitative estimate of drug-likeness (QED) is 0.839. The molecule has 3 rings (SSSR count). The molecule has 0 aliphatic carbocycles. The van der Waals surface area contributed by atoms with E-state index >= 15 is 0 Å². The van der Waals surface area contributed by atoms with E-state index in [4.69, 9.17) is 4.74 Å². The fourth-order valence-corrected chi connectivity index (χ4v) is 2.75. The summed E-state index contributed by atoms with van der Waals surface area (Å²) in [5.41, 5.74) is 0.914. The molecule has 1 unspecified atom stereocenters. The Morgan fingerprint density at radius 2 is 1.90 bits per heavy atom. The summed E-state index contributed by atoms with van der Waals surface area (Å²) in [6.07, 6.45) is -1.14. The number of aliphatic hydroxyl groups excluding tert-OH is 1. The zero-order valence-corrected chi connectivity index (χ0v) is 11.9. The van der Waals surface area contributed by atoms with Gasteiger partial charge in [-0.25, -0.2) is 8.78 Å². The first-order valence-corrected chi connectivity index (χ1v) is 6.93. The smallest absolute Gasteiger partial charge is 0.133 e. The van der Waals surface area contributed by atoms with Gasteiger partial charge in [0.15, 0.2) is 0 Å². The first-order chi connectivity index (χ1) is 9.54. The SMILES string of the molecule is O[C@@H]1CC(c2ccc(F)cc2F)Oc2ccc(Br)cc21. The van der Waals surface area contributed by atoms with Crippen LogP contribution in [-0.2, 0) is 0 Å². The molecule has 2 atom stereocenters. The van der Waals surface area contributed by atoms with Crippen molar-refractivity contribution in [3.63, 3.8) is 0 Å². The van der Waals surface area contributed by atoms with Crippen molar-refractivity contribution in [2.45, 2.75) is 18.6 Å². The van der Waals surface area contributed by atoms with Gasteiger partial charge in [-0.1, -0.05) is 15.9 Å². The number of halogens is 3. The maximum Gasteiger partial charge on any atom is 0.133 e. The van der Waals surface area contributed by atoms with E-state index in [1.165, 1.54) is 12.1 Å². The molecule has 1 N–H and O–H groups in total. The lowest BCUT2D eigenvalue weighted by atomic mass is 9.95. The Morgan fingerprint density at radius 1 is 1.10 bits per heavy atom. The van der Waals surface area contributed by atoms with Gasteiger partial charge in [0.25, 0.3) is 0 Å². The number of hydrogen-bond donors (Lipinski definition) is 1. The molecule has 2 nitrogen and oxygen atoms in total. The van der Waals surface area contributed by atoms with E-state index in [1.807, 2.05) is 0 Å². The molecule has 20 heavy (non-hydrogen) atoms. The van der Waals surface area contributed by atoms with Crippen LogP contribution in [-0.4, -0.2) is 5.11 Å². The van der Waals surface area contributed by atoms with Crippen molar-refractivity contribution in [3.05, 3.63) is 63.6 Å². The molecule has 0 saturated carbocycles. The summed E-state index contributed by atoms with van der Waals surface area (Å²) >= 11 is 3.33. The van der Waals surface area contributed by atoms with E-state index in [2.05, 4.69) is 15.9 Å². The normalized spacial score (nSPS) is 21.2. The Kier molecular flexibility index (Phi) is 3.48. The monoisotopic (exact) mass is 340 g/mol. The Labute approximate surface area is 123 Å². The molecule has 0 amide bonds. The van der Waals surface area contributed by atoms with E-state index in [1.54, 1.807) is 18.2 Å².